The summed E-state index contributed by atoms with van der Waals surface area (Å²) in [5.74, 6) is -0.518. The number of fused-ring (bicyclic) bond motifs is 1. The Morgan fingerprint density at radius 2 is 2.00 bits per heavy atom. The molecule has 1 atom stereocenters. The van der Waals surface area contributed by atoms with Gasteiger partial charge in [-0.2, -0.15) is 5.10 Å². The minimum absolute atomic E-state index is 0.159. The second-order valence-corrected chi connectivity index (χ2v) is 8.95. The summed E-state index contributed by atoms with van der Waals surface area (Å²) in [6.07, 6.45) is 2.12. The highest BCUT2D eigenvalue weighted by atomic mass is 79.9. The van der Waals surface area contributed by atoms with Gasteiger partial charge in [0.25, 0.3) is 0 Å². The van der Waals surface area contributed by atoms with Crippen molar-refractivity contribution in [1.82, 2.24) is 10.3 Å². The number of nitrogens with one attached hydrogen (secondary N) is 2. The van der Waals surface area contributed by atoms with Gasteiger partial charge in [0.05, 0.1) is 23.8 Å². The fourth-order valence-corrected chi connectivity index (χ4v) is 4.40. The van der Waals surface area contributed by atoms with E-state index >= 15 is 0 Å². The van der Waals surface area contributed by atoms with Crippen molar-refractivity contribution >= 4 is 61.9 Å². The smallest absolute Gasteiger partial charge is 0.302 e. The molecule has 1 unspecified atom stereocenters. The fourth-order valence-electron chi connectivity index (χ4n) is 3.23. The van der Waals surface area contributed by atoms with Gasteiger partial charge in [-0.25, -0.2) is 0 Å². The average molecular weight is 499 g/mol. The Morgan fingerprint density at radius 1 is 1.23 bits per heavy atom. The van der Waals surface area contributed by atoms with E-state index in [4.69, 9.17) is 4.74 Å². The molecule has 1 aliphatic heterocycles. The monoisotopic (exact) mass is 498 g/mol. The third-order valence-electron chi connectivity index (χ3n) is 4.68. The number of H-pyrrole nitrogens is 1. The summed E-state index contributed by atoms with van der Waals surface area (Å²) in [5.41, 5.74) is 3.90. The molecule has 1 amide bonds. The summed E-state index contributed by atoms with van der Waals surface area (Å²) in [6, 6.07) is 16.0. The first-order valence-corrected chi connectivity index (χ1v) is 11.3. The topological polar surface area (TPSA) is 95.9 Å². The number of thioether (sulfide) groups is 1. The minimum atomic E-state index is -0.359. The van der Waals surface area contributed by atoms with Crippen molar-refractivity contribution in [3.63, 3.8) is 0 Å². The maximum atomic E-state index is 12.1. The molecule has 7 nitrogen and oxygen atoms in total. The molecule has 1 saturated heterocycles. The minimum Gasteiger partial charge on any atom is -0.466 e. The number of amidine groups is 1. The van der Waals surface area contributed by atoms with Gasteiger partial charge < -0.3 is 15.0 Å². The number of aromatic amines is 1. The molecule has 1 fully saturated rings. The summed E-state index contributed by atoms with van der Waals surface area (Å²) < 4.78 is 5.92. The van der Waals surface area contributed by atoms with Gasteiger partial charge in [0.1, 0.15) is 0 Å². The summed E-state index contributed by atoms with van der Waals surface area (Å²) in [5, 5.41) is 12.3. The van der Waals surface area contributed by atoms with Crippen molar-refractivity contribution in [3.8, 4) is 11.3 Å². The Labute approximate surface area is 191 Å². The van der Waals surface area contributed by atoms with Crippen LogP contribution in [0, 0.1) is 0 Å². The van der Waals surface area contributed by atoms with Crippen molar-refractivity contribution in [2.24, 2.45) is 10.2 Å². The first-order valence-electron chi connectivity index (χ1n) is 9.60. The molecule has 3 aromatic rings. The number of esters is 1. The number of amides is 1. The van der Waals surface area contributed by atoms with Crippen LogP contribution < -0.4 is 5.32 Å². The van der Waals surface area contributed by atoms with Crippen LogP contribution in [-0.4, -0.2) is 40.1 Å². The zero-order chi connectivity index (χ0) is 21.8. The predicted octanol–water partition coefficient (Wildman–Crippen LogP) is 4.47. The van der Waals surface area contributed by atoms with Crippen LogP contribution in [0.25, 0.3) is 22.2 Å². The van der Waals surface area contributed by atoms with E-state index in [1.807, 2.05) is 48.5 Å². The highest BCUT2D eigenvalue weighted by Crippen LogP contribution is 2.30. The first-order chi connectivity index (χ1) is 15.0. The number of carbonyl (C=O) groups is 2. The Hall–Kier alpha value is -2.91. The molecular formula is C22H19BrN4O3S. The van der Waals surface area contributed by atoms with Crippen LogP contribution in [0.5, 0.6) is 0 Å². The van der Waals surface area contributed by atoms with E-state index in [0.29, 0.717) is 11.6 Å². The number of hydrogen-bond donors (Lipinski definition) is 2. The average Bonchev–Trinajstić information content (AvgIpc) is 3.29. The zero-order valence-electron chi connectivity index (χ0n) is 16.6. The highest BCUT2D eigenvalue weighted by molar-refractivity contribution is 9.10. The summed E-state index contributed by atoms with van der Waals surface area (Å²) >= 11 is 4.75. The Balaban J connectivity index is 1.56. The quantitative estimate of drug-likeness (QED) is 0.297. The van der Waals surface area contributed by atoms with E-state index in [2.05, 4.69) is 36.4 Å². The van der Waals surface area contributed by atoms with Gasteiger partial charge in [-0.3, -0.25) is 9.59 Å². The Kier molecular flexibility index (Phi) is 6.53. The number of halogens is 1. The number of para-hydroxylation sites is 1. The number of aromatic nitrogens is 1. The number of ether oxygens (including phenoxy) is 1. The van der Waals surface area contributed by atoms with Crippen LogP contribution >= 0.6 is 27.7 Å². The lowest BCUT2D eigenvalue weighted by Crippen LogP contribution is -2.25. The van der Waals surface area contributed by atoms with E-state index in [1.165, 1.54) is 18.7 Å². The van der Waals surface area contributed by atoms with E-state index in [1.54, 1.807) is 6.21 Å². The molecule has 4 rings (SSSR count). The third-order valence-corrected chi connectivity index (χ3v) is 6.35. The molecular weight excluding hydrogens is 480 g/mol. The summed E-state index contributed by atoms with van der Waals surface area (Å²) in [6.45, 7) is 1.54. The van der Waals surface area contributed by atoms with Crippen LogP contribution in [-0.2, 0) is 14.3 Å². The standard InChI is InChI=1S/C22H19BrN4O3S/c1-13(28)30-11-10-19-21(29)26-22(31-19)27-24-12-17-16-4-2-3-5-18(16)25-20(17)14-6-8-15(23)9-7-14/h2-9,12,19,25H,10-11H2,1H3,(H,26,27,29)/b24-12+. The van der Waals surface area contributed by atoms with E-state index in [9.17, 15) is 9.59 Å². The van der Waals surface area contributed by atoms with Crippen LogP contribution in [0.4, 0.5) is 0 Å². The molecule has 1 aromatic heterocycles. The van der Waals surface area contributed by atoms with Gasteiger partial charge in [-0.05, 0) is 23.8 Å². The van der Waals surface area contributed by atoms with Gasteiger partial charge in [-0.1, -0.05) is 58.0 Å². The second kappa shape index (κ2) is 9.49. The molecule has 2 heterocycles. The van der Waals surface area contributed by atoms with E-state index in [-0.39, 0.29) is 23.7 Å². The van der Waals surface area contributed by atoms with Gasteiger partial charge >= 0.3 is 5.97 Å². The maximum Gasteiger partial charge on any atom is 0.302 e. The third kappa shape index (κ3) is 5.05. The molecule has 158 valence electrons. The number of hydrogen-bond acceptors (Lipinski definition) is 6. The molecule has 0 aliphatic carbocycles. The lowest BCUT2D eigenvalue weighted by Gasteiger charge is -2.04. The second-order valence-electron chi connectivity index (χ2n) is 6.84. The van der Waals surface area contributed by atoms with E-state index in [0.717, 1.165) is 32.2 Å². The molecule has 2 N–H and O–H groups in total. The van der Waals surface area contributed by atoms with Crippen LogP contribution in [0.1, 0.15) is 18.9 Å². The predicted molar refractivity (Wildman–Crippen MR) is 127 cm³/mol. The van der Waals surface area contributed by atoms with Crippen molar-refractivity contribution in [3.05, 3.63) is 58.6 Å². The Bertz CT molecular complexity index is 1190. The molecule has 31 heavy (non-hydrogen) atoms. The maximum absolute atomic E-state index is 12.1. The first kappa shape index (κ1) is 21.3. The highest BCUT2D eigenvalue weighted by Gasteiger charge is 2.30. The van der Waals surface area contributed by atoms with Crippen molar-refractivity contribution in [1.29, 1.82) is 0 Å². The van der Waals surface area contributed by atoms with Crippen molar-refractivity contribution in [2.75, 3.05) is 6.61 Å². The van der Waals surface area contributed by atoms with Gasteiger partial charge in [-0.15, -0.1) is 5.10 Å². The normalized spacial score (nSPS) is 17.5. The largest absolute Gasteiger partial charge is 0.466 e. The van der Waals surface area contributed by atoms with Crippen LogP contribution in [0.2, 0.25) is 0 Å². The van der Waals surface area contributed by atoms with Gasteiger partial charge in [0.15, 0.2) is 5.17 Å². The molecule has 1 aliphatic rings. The van der Waals surface area contributed by atoms with Gasteiger partial charge in [0.2, 0.25) is 5.91 Å². The fraction of sp³-hybridized carbons (Fsp3) is 0.182. The summed E-state index contributed by atoms with van der Waals surface area (Å²) in [7, 11) is 0. The lowest BCUT2D eigenvalue weighted by atomic mass is 10.1. The molecule has 0 radical (unpaired) electrons. The lowest BCUT2D eigenvalue weighted by molar-refractivity contribution is -0.141. The molecule has 0 bridgehead atoms. The van der Waals surface area contributed by atoms with Crippen molar-refractivity contribution in [2.45, 2.75) is 18.6 Å². The van der Waals surface area contributed by atoms with E-state index < -0.39 is 0 Å². The molecule has 9 heteroatoms. The summed E-state index contributed by atoms with van der Waals surface area (Å²) in [4.78, 5) is 26.4. The van der Waals surface area contributed by atoms with Crippen LogP contribution in [0.3, 0.4) is 0 Å². The molecule has 0 saturated carbocycles. The number of rotatable bonds is 6. The van der Waals surface area contributed by atoms with Crippen molar-refractivity contribution < 1.29 is 14.3 Å². The number of carbonyl (C=O) groups excluding carboxylic acids is 2. The zero-order valence-corrected chi connectivity index (χ0v) is 19.0. The number of nitrogens with zero attached hydrogens (tertiary/aromatic N) is 2. The SMILES string of the molecule is CC(=O)OCCC1S/C(=N\N=C\c2c(-c3ccc(Br)cc3)[nH]c3ccccc23)NC1=O. The Morgan fingerprint density at radius 3 is 2.77 bits per heavy atom. The van der Waals surface area contributed by atoms with Crippen LogP contribution in [0.15, 0.2) is 63.2 Å². The number of benzene rings is 2. The molecule has 0 spiro atoms. The van der Waals surface area contributed by atoms with Gasteiger partial charge in [0, 0.05) is 34.3 Å². The molecule has 2 aromatic carbocycles.